The van der Waals surface area contributed by atoms with Gasteiger partial charge in [0.15, 0.2) is 0 Å². The molecule has 9 heteroatoms. The van der Waals surface area contributed by atoms with Gasteiger partial charge in [-0.15, -0.1) is 10.2 Å². The van der Waals surface area contributed by atoms with Crippen LogP contribution >= 0.6 is 0 Å². The molecule has 0 aliphatic rings. The van der Waals surface area contributed by atoms with Gasteiger partial charge in [0, 0.05) is 13.0 Å². The lowest BCUT2D eigenvalue weighted by Crippen LogP contribution is -2.26. The van der Waals surface area contributed by atoms with Gasteiger partial charge in [-0.05, 0) is 42.8 Å². The standard InChI is InChI=1S/C17H15F2N3O3S/c1-11-10-12(6-7-14(11)18)26(23,24)20-9-8-16-21-22-17(25-16)13-4-2-3-5-15(13)19/h2-7,10,20H,8-9H2,1H3. The summed E-state index contributed by atoms with van der Waals surface area (Å²) in [5.41, 5.74) is 0.410. The summed E-state index contributed by atoms with van der Waals surface area (Å²) in [6.45, 7) is 1.48. The summed E-state index contributed by atoms with van der Waals surface area (Å²) < 4.78 is 59.1. The summed E-state index contributed by atoms with van der Waals surface area (Å²) in [6, 6.07) is 9.50. The molecule has 0 fully saturated rings. The van der Waals surface area contributed by atoms with Crippen molar-refractivity contribution in [2.24, 2.45) is 0 Å². The lowest BCUT2D eigenvalue weighted by atomic mass is 10.2. The molecule has 1 aromatic heterocycles. The van der Waals surface area contributed by atoms with Crippen LogP contribution in [-0.4, -0.2) is 25.2 Å². The van der Waals surface area contributed by atoms with Crippen LogP contribution in [-0.2, 0) is 16.4 Å². The van der Waals surface area contributed by atoms with Gasteiger partial charge in [-0.25, -0.2) is 21.9 Å². The Bertz CT molecular complexity index is 1040. The van der Waals surface area contributed by atoms with Crippen molar-refractivity contribution in [2.75, 3.05) is 6.54 Å². The lowest BCUT2D eigenvalue weighted by molar-refractivity contribution is 0.498. The van der Waals surface area contributed by atoms with Crippen LogP contribution in [0.4, 0.5) is 8.78 Å². The van der Waals surface area contributed by atoms with Gasteiger partial charge >= 0.3 is 0 Å². The zero-order chi connectivity index (χ0) is 18.7. The summed E-state index contributed by atoms with van der Waals surface area (Å²) in [7, 11) is -3.79. The number of aryl methyl sites for hydroxylation is 1. The number of nitrogens with zero attached hydrogens (tertiary/aromatic N) is 2. The predicted molar refractivity (Wildman–Crippen MR) is 89.7 cm³/mol. The third kappa shape index (κ3) is 3.94. The molecule has 1 heterocycles. The molecule has 0 bridgehead atoms. The zero-order valence-corrected chi connectivity index (χ0v) is 14.6. The van der Waals surface area contributed by atoms with Crippen molar-refractivity contribution < 1.29 is 21.6 Å². The summed E-state index contributed by atoms with van der Waals surface area (Å²) in [5, 5.41) is 7.55. The monoisotopic (exact) mass is 379 g/mol. The second-order valence-electron chi connectivity index (χ2n) is 5.54. The van der Waals surface area contributed by atoms with E-state index in [2.05, 4.69) is 14.9 Å². The molecule has 0 amide bonds. The van der Waals surface area contributed by atoms with Crippen LogP contribution in [0.2, 0.25) is 0 Å². The fraction of sp³-hybridized carbons (Fsp3) is 0.176. The first-order chi connectivity index (χ1) is 12.4. The van der Waals surface area contributed by atoms with E-state index >= 15 is 0 Å². The molecule has 136 valence electrons. The van der Waals surface area contributed by atoms with Gasteiger partial charge in [0.2, 0.25) is 15.9 Å². The maximum absolute atomic E-state index is 13.7. The molecule has 3 rings (SSSR count). The van der Waals surface area contributed by atoms with Crippen molar-refractivity contribution in [1.82, 2.24) is 14.9 Å². The average Bonchev–Trinajstić information content (AvgIpc) is 3.06. The van der Waals surface area contributed by atoms with Crippen molar-refractivity contribution >= 4 is 10.0 Å². The Hall–Kier alpha value is -2.65. The Labute approximate surface area is 148 Å². The molecule has 26 heavy (non-hydrogen) atoms. The Balaban J connectivity index is 1.65. The number of nitrogens with one attached hydrogen (secondary N) is 1. The summed E-state index contributed by atoms with van der Waals surface area (Å²) >= 11 is 0. The van der Waals surface area contributed by atoms with E-state index in [1.165, 1.54) is 31.2 Å². The van der Waals surface area contributed by atoms with E-state index in [0.29, 0.717) is 0 Å². The summed E-state index contributed by atoms with van der Waals surface area (Å²) in [5.74, 6) is -0.776. The average molecular weight is 379 g/mol. The quantitative estimate of drug-likeness (QED) is 0.712. The van der Waals surface area contributed by atoms with Gasteiger partial charge in [-0.3, -0.25) is 0 Å². The van der Waals surface area contributed by atoms with Crippen LogP contribution in [0.25, 0.3) is 11.5 Å². The highest BCUT2D eigenvalue weighted by molar-refractivity contribution is 7.89. The highest BCUT2D eigenvalue weighted by Crippen LogP contribution is 2.21. The largest absolute Gasteiger partial charge is 0.421 e. The number of sulfonamides is 1. The Morgan fingerprint density at radius 3 is 2.58 bits per heavy atom. The van der Waals surface area contributed by atoms with E-state index in [1.807, 2.05) is 0 Å². The number of hydrogen-bond acceptors (Lipinski definition) is 5. The summed E-state index contributed by atoms with van der Waals surface area (Å²) in [6.07, 6.45) is 0.126. The minimum atomic E-state index is -3.79. The van der Waals surface area contributed by atoms with Crippen LogP contribution in [0, 0.1) is 18.6 Å². The molecular weight excluding hydrogens is 364 g/mol. The summed E-state index contributed by atoms with van der Waals surface area (Å²) in [4.78, 5) is -0.0334. The van der Waals surface area contributed by atoms with E-state index < -0.39 is 21.7 Å². The third-order valence-electron chi connectivity index (χ3n) is 3.64. The van der Waals surface area contributed by atoms with Gasteiger partial charge in [0.1, 0.15) is 11.6 Å². The number of halogens is 2. The molecule has 2 aromatic carbocycles. The fourth-order valence-electron chi connectivity index (χ4n) is 2.26. The molecule has 0 radical (unpaired) electrons. The first-order valence-corrected chi connectivity index (χ1v) is 9.18. The molecule has 0 spiro atoms. The molecule has 0 aliphatic carbocycles. The van der Waals surface area contributed by atoms with E-state index in [4.69, 9.17) is 4.42 Å². The molecule has 0 atom stereocenters. The second-order valence-corrected chi connectivity index (χ2v) is 7.31. The highest BCUT2D eigenvalue weighted by atomic mass is 32.2. The van der Waals surface area contributed by atoms with Crippen molar-refractivity contribution in [3.8, 4) is 11.5 Å². The van der Waals surface area contributed by atoms with Crippen molar-refractivity contribution in [3.05, 3.63) is 65.6 Å². The van der Waals surface area contributed by atoms with Crippen LogP contribution in [0.3, 0.4) is 0 Å². The minimum absolute atomic E-state index is 0.00232. The van der Waals surface area contributed by atoms with Crippen molar-refractivity contribution in [3.63, 3.8) is 0 Å². The third-order valence-corrected chi connectivity index (χ3v) is 5.10. The Morgan fingerprint density at radius 1 is 1.08 bits per heavy atom. The van der Waals surface area contributed by atoms with Crippen LogP contribution in [0.5, 0.6) is 0 Å². The van der Waals surface area contributed by atoms with Gasteiger partial charge in [-0.1, -0.05) is 12.1 Å². The first-order valence-electron chi connectivity index (χ1n) is 7.70. The number of rotatable bonds is 6. The number of benzene rings is 2. The molecule has 1 N–H and O–H groups in total. The molecule has 0 saturated heterocycles. The van der Waals surface area contributed by atoms with E-state index in [9.17, 15) is 17.2 Å². The van der Waals surface area contributed by atoms with Gasteiger partial charge in [-0.2, -0.15) is 0 Å². The SMILES string of the molecule is Cc1cc(S(=O)(=O)NCCc2nnc(-c3ccccc3F)o2)ccc1F. The van der Waals surface area contributed by atoms with E-state index in [-0.39, 0.29) is 40.8 Å². The second kappa shape index (κ2) is 7.30. The predicted octanol–water partition coefficient (Wildman–Crippen LogP) is 2.84. The number of hydrogen-bond donors (Lipinski definition) is 1. The topological polar surface area (TPSA) is 85.1 Å². The highest BCUT2D eigenvalue weighted by Gasteiger charge is 2.16. The first kappa shape index (κ1) is 18.2. The minimum Gasteiger partial charge on any atom is -0.421 e. The normalized spacial score (nSPS) is 11.7. The lowest BCUT2D eigenvalue weighted by Gasteiger charge is -2.06. The van der Waals surface area contributed by atoms with Crippen LogP contribution in [0.1, 0.15) is 11.5 Å². The van der Waals surface area contributed by atoms with Crippen LogP contribution < -0.4 is 4.72 Å². The molecule has 6 nitrogen and oxygen atoms in total. The maximum atomic E-state index is 13.7. The molecular formula is C17H15F2N3O3S. The van der Waals surface area contributed by atoms with Crippen molar-refractivity contribution in [2.45, 2.75) is 18.2 Å². The molecule has 0 aliphatic heterocycles. The van der Waals surface area contributed by atoms with E-state index in [1.54, 1.807) is 12.1 Å². The van der Waals surface area contributed by atoms with Gasteiger partial charge < -0.3 is 4.42 Å². The maximum Gasteiger partial charge on any atom is 0.250 e. The Morgan fingerprint density at radius 2 is 1.85 bits per heavy atom. The van der Waals surface area contributed by atoms with Crippen molar-refractivity contribution in [1.29, 1.82) is 0 Å². The van der Waals surface area contributed by atoms with Gasteiger partial charge in [0.05, 0.1) is 10.5 Å². The van der Waals surface area contributed by atoms with Gasteiger partial charge in [0.25, 0.3) is 5.89 Å². The Kier molecular flexibility index (Phi) is 5.10. The zero-order valence-electron chi connectivity index (χ0n) is 13.7. The smallest absolute Gasteiger partial charge is 0.250 e. The molecule has 3 aromatic rings. The fourth-order valence-corrected chi connectivity index (χ4v) is 3.37. The number of aromatic nitrogens is 2. The van der Waals surface area contributed by atoms with Crippen LogP contribution in [0.15, 0.2) is 51.8 Å². The molecule has 0 saturated carbocycles. The molecule has 0 unspecified atom stereocenters. The van der Waals surface area contributed by atoms with E-state index in [0.717, 1.165) is 6.07 Å².